The summed E-state index contributed by atoms with van der Waals surface area (Å²) in [7, 11) is 0. The number of thioether (sulfide) groups is 1. The third-order valence-electron chi connectivity index (χ3n) is 5.59. The van der Waals surface area contributed by atoms with Gasteiger partial charge in [0.2, 0.25) is 5.91 Å². The van der Waals surface area contributed by atoms with Crippen molar-refractivity contribution in [2.24, 2.45) is 0 Å². The van der Waals surface area contributed by atoms with Crippen molar-refractivity contribution in [3.63, 3.8) is 0 Å². The molecular weight excluding hydrogens is 392 g/mol. The van der Waals surface area contributed by atoms with Crippen LogP contribution in [0.15, 0.2) is 33.5 Å². The predicted octanol–water partition coefficient (Wildman–Crippen LogP) is 3.09. The number of amides is 3. The van der Waals surface area contributed by atoms with Gasteiger partial charge in [0.05, 0.1) is 23.2 Å². The van der Waals surface area contributed by atoms with Crippen molar-refractivity contribution in [2.75, 3.05) is 5.75 Å². The first kappa shape index (κ1) is 19.7. The maximum atomic E-state index is 12.8. The number of hydrogen-bond acceptors (Lipinski definition) is 6. The molecule has 0 radical (unpaired) electrons. The van der Waals surface area contributed by atoms with Gasteiger partial charge in [-0.25, -0.2) is 0 Å². The standard InChI is InChI=1S/C21H22N2O5S/c1-2-12-7-8-17-13(9-12)16(24)10-18(28-17)20(26)22-14-5-3-4-6-15(14)23-19(25)11-29-21(23)27/h7-10,14-15H,2-6,11H2,1H3,(H,22,26)/t14-,15-/m0/s1. The van der Waals surface area contributed by atoms with Crippen molar-refractivity contribution in [2.45, 2.75) is 51.1 Å². The molecule has 8 heteroatoms. The maximum Gasteiger partial charge on any atom is 0.289 e. The number of nitrogens with zero attached hydrogens (tertiary/aromatic N) is 1. The van der Waals surface area contributed by atoms with E-state index in [2.05, 4.69) is 5.32 Å². The Balaban J connectivity index is 1.58. The molecule has 29 heavy (non-hydrogen) atoms. The van der Waals surface area contributed by atoms with E-state index in [1.165, 1.54) is 11.0 Å². The third kappa shape index (κ3) is 3.81. The van der Waals surface area contributed by atoms with E-state index < -0.39 is 5.91 Å². The van der Waals surface area contributed by atoms with Gasteiger partial charge in [-0.1, -0.05) is 37.6 Å². The number of aryl methyl sites for hydroxylation is 1. The normalized spacial score (nSPS) is 22.3. The van der Waals surface area contributed by atoms with E-state index in [1.807, 2.05) is 13.0 Å². The van der Waals surface area contributed by atoms with Crippen molar-refractivity contribution in [1.29, 1.82) is 0 Å². The molecular formula is C21H22N2O5S. The van der Waals surface area contributed by atoms with E-state index in [0.29, 0.717) is 23.8 Å². The van der Waals surface area contributed by atoms with E-state index in [-0.39, 0.29) is 40.2 Å². The van der Waals surface area contributed by atoms with Gasteiger partial charge in [0, 0.05) is 6.07 Å². The first-order chi connectivity index (χ1) is 14.0. The number of fused-ring (bicyclic) bond motifs is 1. The van der Waals surface area contributed by atoms with Crippen LogP contribution < -0.4 is 10.7 Å². The van der Waals surface area contributed by atoms with Gasteiger partial charge >= 0.3 is 0 Å². The molecule has 1 saturated carbocycles. The van der Waals surface area contributed by atoms with Crippen molar-refractivity contribution in [3.8, 4) is 0 Å². The SMILES string of the molecule is CCc1ccc2oc(C(=O)N[C@H]3CCCC[C@@H]3N3C(=O)CSC3=O)cc(=O)c2c1. The van der Waals surface area contributed by atoms with Crippen molar-refractivity contribution < 1.29 is 18.8 Å². The monoisotopic (exact) mass is 414 g/mol. The van der Waals surface area contributed by atoms with Crippen molar-refractivity contribution in [1.82, 2.24) is 10.2 Å². The molecule has 2 aromatic rings. The summed E-state index contributed by atoms with van der Waals surface area (Å²) in [5.41, 5.74) is 1.11. The molecule has 2 atom stereocenters. The number of imide groups is 1. The van der Waals surface area contributed by atoms with E-state index in [4.69, 9.17) is 4.42 Å². The lowest BCUT2D eigenvalue weighted by Crippen LogP contribution is -2.54. The molecule has 1 aromatic heterocycles. The Kier molecular flexibility index (Phi) is 5.45. The summed E-state index contributed by atoms with van der Waals surface area (Å²) in [6.07, 6.45) is 3.91. The zero-order valence-corrected chi connectivity index (χ0v) is 16.9. The van der Waals surface area contributed by atoms with Crippen LogP contribution in [0.5, 0.6) is 0 Å². The molecule has 0 spiro atoms. The number of hydrogen-bond donors (Lipinski definition) is 1. The molecule has 3 amide bonds. The molecule has 7 nitrogen and oxygen atoms in total. The topological polar surface area (TPSA) is 96.7 Å². The Hall–Kier alpha value is -2.61. The van der Waals surface area contributed by atoms with Gasteiger partial charge in [0.15, 0.2) is 11.2 Å². The molecule has 152 valence electrons. The minimum Gasteiger partial charge on any atom is -0.451 e. The van der Waals surface area contributed by atoms with E-state index >= 15 is 0 Å². The molecule has 1 saturated heterocycles. The number of rotatable bonds is 4. The van der Waals surface area contributed by atoms with Crippen LogP contribution in [0.1, 0.15) is 48.7 Å². The summed E-state index contributed by atoms with van der Waals surface area (Å²) in [6, 6.07) is 5.84. The molecule has 2 heterocycles. The highest BCUT2D eigenvalue weighted by atomic mass is 32.2. The second-order valence-corrected chi connectivity index (χ2v) is 8.34. The molecule has 1 N–H and O–H groups in total. The van der Waals surface area contributed by atoms with Gasteiger partial charge in [-0.15, -0.1) is 0 Å². The molecule has 1 aliphatic heterocycles. The van der Waals surface area contributed by atoms with Gasteiger partial charge in [0.25, 0.3) is 11.1 Å². The molecule has 2 fully saturated rings. The molecule has 0 bridgehead atoms. The lowest BCUT2D eigenvalue weighted by atomic mass is 9.89. The molecule has 1 aromatic carbocycles. The lowest BCUT2D eigenvalue weighted by Gasteiger charge is -2.36. The van der Waals surface area contributed by atoms with Crippen LogP contribution in [0, 0.1) is 0 Å². The second-order valence-electron chi connectivity index (χ2n) is 7.41. The third-order valence-corrected chi connectivity index (χ3v) is 6.42. The van der Waals surface area contributed by atoms with Gasteiger partial charge in [0.1, 0.15) is 5.58 Å². The van der Waals surface area contributed by atoms with Crippen LogP contribution in [0.2, 0.25) is 0 Å². The van der Waals surface area contributed by atoms with Crippen LogP contribution in [-0.2, 0) is 11.2 Å². The van der Waals surface area contributed by atoms with Crippen LogP contribution in [0.3, 0.4) is 0 Å². The van der Waals surface area contributed by atoms with Crippen LogP contribution in [-0.4, -0.2) is 39.8 Å². The Labute approximate surface area is 171 Å². The van der Waals surface area contributed by atoms with Crippen LogP contribution in [0.25, 0.3) is 11.0 Å². The summed E-state index contributed by atoms with van der Waals surface area (Å²) in [6.45, 7) is 2.00. The Bertz CT molecular complexity index is 1030. The predicted molar refractivity (Wildman–Crippen MR) is 110 cm³/mol. The Morgan fingerprint density at radius 2 is 2.00 bits per heavy atom. The molecule has 4 rings (SSSR count). The minimum absolute atomic E-state index is 0.0653. The average molecular weight is 414 g/mol. The molecule has 1 aliphatic carbocycles. The van der Waals surface area contributed by atoms with E-state index in [0.717, 1.165) is 36.6 Å². The van der Waals surface area contributed by atoms with E-state index in [9.17, 15) is 19.2 Å². The van der Waals surface area contributed by atoms with Crippen LogP contribution >= 0.6 is 11.8 Å². The van der Waals surface area contributed by atoms with E-state index in [1.54, 1.807) is 12.1 Å². The van der Waals surface area contributed by atoms with Gasteiger partial charge in [-0.3, -0.25) is 24.1 Å². The number of carbonyl (C=O) groups is 3. The highest BCUT2D eigenvalue weighted by Gasteiger charge is 2.41. The first-order valence-corrected chi connectivity index (χ1v) is 10.8. The zero-order valence-electron chi connectivity index (χ0n) is 16.1. The van der Waals surface area contributed by atoms with Gasteiger partial charge in [-0.05, 0) is 37.0 Å². The average Bonchev–Trinajstić information content (AvgIpc) is 3.06. The molecule has 2 aliphatic rings. The smallest absolute Gasteiger partial charge is 0.289 e. The molecule has 0 unspecified atom stereocenters. The zero-order chi connectivity index (χ0) is 20.5. The van der Waals surface area contributed by atoms with Crippen molar-refractivity contribution >= 4 is 39.8 Å². The summed E-state index contributed by atoms with van der Waals surface area (Å²) in [4.78, 5) is 50.9. The summed E-state index contributed by atoms with van der Waals surface area (Å²) in [5, 5.41) is 3.08. The van der Waals surface area contributed by atoms with Crippen LogP contribution in [0.4, 0.5) is 4.79 Å². The maximum absolute atomic E-state index is 12.8. The fourth-order valence-corrected chi connectivity index (χ4v) is 4.81. The number of carbonyl (C=O) groups excluding carboxylic acids is 3. The Morgan fingerprint density at radius 1 is 1.21 bits per heavy atom. The highest BCUT2D eigenvalue weighted by molar-refractivity contribution is 8.14. The number of nitrogens with one attached hydrogen (secondary N) is 1. The van der Waals surface area contributed by atoms with Crippen molar-refractivity contribution in [3.05, 3.63) is 45.8 Å². The van der Waals surface area contributed by atoms with Gasteiger partial charge in [-0.2, -0.15) is 0 Å². The Morgan fingerprint density at radius 3 is 2.72 bits per heavy atom. The fraction of sp³-hybridized carbons (Fsp3) is 0.429. The largest absolute Gasteiger partial charge is 0.451 e. The summed E-state index contributed by atoms with van der Waals surface area (Å²) in [5.74, 6) is -0.637. The number of benzene rings is 1. The minimum atomic E-state index is -0.507. The first-order valence-electron chi connectivity index (χ1n) is 9.84. The van der Waals surface area contributed by atoms with Gasteiger partial charge < -0.3 is 9.73 Å². The quantitative estimate of drug-likeness (QED) is 0.826. The summed E-state index contributed by atoms with van der Waals surface area (Å²) >= 11 is 0.996. The lowest BCUT2D eigenvalue weighted by molar-refractivity contribution is -0.127. The fourth-order valence-electron chi connectivity index (χ4n) is 4.05. The second kappa shape index (κ2) is 8.02. The highest BCUT2D eigenvalue weighted by Crippen LogP contribution is 2.30. The summed E-state index contributed by atoms with van der Waals surface area (Å²) < 4.78 is 5.68.